The Bertz CT molecular complexity index is 794. The zero-order valence-electron chi connectivity index (χ0n) is 15.7. The van der Waals surface area contributed by atoms with Gasteiger partial charge in [-0.1, -0.05) is 0 Å². The molecular weight excluding hydrogens is 369 g/mol. The van der Waals surface area contributed by atoms with Crippen LogP contribution in [0.5, 0.6) is 11.5 Å². The van der Waals surface area contributed by atoms with E-state index in [1.807, 2.05) is 6.92 Å². The second kappa shape index (κ2) is 10.9. The first-order chi connectivity index (χ1) is 13.5. The summed E-state index contributed by atoms with van der Waals surface area (Å²) in [7, 11) is 1.42. The quantitative estimate of drug-likeness (QED) is 0.495. The van der Waals surface area contributed by atoms with Crippen molar-refractivity contribution in [3.63, 3.8) is 0 Å². The maximum atomic E-state index is 12.9. The van der Waals surface area contributed by atoms with Crippen molar-refractivity contribution in [1.82, 2.24) is 0 Å². The number of nitrogens with one attached hydrogen (secondary N) is 1. The third-order valence-corrected chi connectivity index (χ3v) is 3.55. The van der Waals surface area contributed by atoms with Crippen molar-refractivity contribution in [3.8, 4) is 11.5 Å². The minimum absolute atomic E-state index is 0.150. The SMILES string of the molecule is CCOCCOC(=O)c1ccc(OCC(=O)Nc2ccc(F)cc2)c(OC)c1. The molecule has 0 saturated heterocycles. The van der Waals surface area contributed by atoms with Crippen molar-refractivity contribution in [2.24, 2.45) is 0 Å². The molecule has 150 valence electrons. The van der Waals surface area contributed by atoms with Gasteiger partial charge in [-0.2, -0.15) is 0 Å². The van der Waals surface area contributed by atoms with Crippen LogP contribution in [0.1, 0.15) is 17.3 Å². The van der Waals surface area contributed by atoms with E-state index in [4.69, 9.17) is 18.9 Å². The number of hydrogen-bond acceptors (Lipinski definition) is 6. The maximum absolute atomic E-state index is 12.9. The summed E-state index contributed by atoms with van der Waals surface area (Å²) >= 11 is 0. The van der Waals surface area contributed by atoms with Crippen LogP contribution in [0.15, 0.2) is 42.5 Å². The van der Waals surface area contributed by atoms with Gasteiger partial charge in [-0.3, -0.25) is 4.79 Å². The molecule has 0 heterocycles. The Hall–Kier alpha value is -3.13. The number of benzene rings is 2. The van der Waals surface area contributed by atoms with Gasteiger partial charge in [0.1, 0.15) is 12.4 Å². The van der Waals surface area contributed by atoms with Crippen LogP contribution in [-0.2, 0) is 14.3 Å². The van der Waals surface area contributed by atoms with Gasteiger partial charge in [0.15, 0.2) is 18.1 Å². The Balaban J connectivity index is 1.91. The van der Waals surface area contributed by atoms with Crippen LogP contribution >= 0.6 is 0 Å². The molecule has 0 aromatic heterocycles. The Labute approximate surface area is 162 Å². The van der Waals surface area contributed by atoms with E-state index in [0.29, 0.717) is 24.7 Å². The average molecular weight is 391 g/mol. The normalized spacial score (nSPS) is 10.2. The highest BCUT2D eigenvalue weighted by atomic mass is 19.1. The van der Waals surface area contributed by atoms with Crippen LogP contribution in [-0.4, -0.2) is 45.4 Å². The predicted octanol–water partition coefficient (Wildman–Crippen LogP) is 3.05. The molecule has 0 aliphatic rings. The number of esters is 1. The van der Waals surface area contributed by atoms with Gasteiger partial charge in [-0.05, 0) is 49.4 Å². The van der Waals surface area contributed by atoms with Gasteiger partial charge in [-0.15, -0.1) is 0 Å². The summed E-state index contributed by atoms with van der Waals surface area (Å²) in [5.74, 6) is -0.751. The van der Waals surface area contributed by atoms with E-state index in [2.05, 4.69) is 5.32 Å². The van der Waals surface area contributed by atoms with E-state index in [9.17, 15) is 14.0 Å². The van der Waals surface area contributed by atoms with E-state index < -0.39 is 17.7 Å². The molecule has 0 aliphatic carbocycles. The molecule has 0 atom stereocenters. The van der Waals surface area contributed by atoms with Gasteiger partial charge in [0.2, 0.25) is 0 Å². The van der Waals surface area contributed by atoms with Gasteiger partial charge in [0.05, 0.1) is 19.3 Å². The summed E-state index contributed by atoms with van der Waals surface area (Å²) in [6, 6.07) is 9.87. The third kappa shape index (κ3) is 6.55. The molecule has 0 fully saturated rings. The Morgan fingerprint density at radius 3 is 2.46 bits per heavy atom. The summed E-state index contributed by atoms with van der Waals surface area (Å²) in [5.41, 5.74) is 0.739. The first-order valence-electron chi connectivity index (χ1n) is 8.64. The number of carbonyl (C=O) groups excluding carboxylic acids is 2. The van der Waals surface area contributed by atoms with Crippen molar-refractivity contribution in [2.75, 3.05) is 38.9 Å². The fraction of sp³-hybridized carbons (Fsp3) is 0.300. The summed E-state index contributed by atoms with van der Waals surface area (Å²) in [4.78, 5) is 24.0. The van der Waals surface area contributed by atoms with Crippen LogP contribution in [0.4, 0.5) is 10.1 Å². The molecule has 28 heavy (non-hydrogen) atoms. The van der Waals surface area contributed by atoms with E-state index >= 15 is 0 Å². The van der Waals surface area contributed by atoms with Gasteiger partial charge < -0.3 is 24.3 Å². The number of anilines is 1. The minimum Gasteiger partial charge on any atom is -0.493 e. The van der Waals surface area contributed by atoms with Crippen LogP contribution in [0.2, 0.25) is 0 Å². The van der Waals surface area contributed by atoms with Gasteiger partial charge in [0.25, 0.3) is 5.91 Å². The highest BCUT2D eigenvalue weighted by molar-refractivity contribution is 5.92. The second-order valence-electron chi connectivity index (χ2n) is 5.54. The largest absolute Gasteiger partial charge is 0.493 e. The number of hydrogen-bond donors (Lipinski definition) is 1. The zero-order valence-corrected chi connectivity index (χ0v) is 15.7. The molecule has 7 nitrogen and oxygen atoms in total. The van der Waals surface area contributed by atoms with E-state index in [1.165, 1.54) is 49.6 Å². The molecule has 2 aromatic rings. The summed E-state index contributed by atoms with van der Waals surface area (Å²) < 4.78 is 33.7. The van der Waals surface area contributed by atoms with E-state index in [1.54, 1.807) is 0 Å². The lowest BCUT2D eigenvalue weighted by Gasteiger charge is -2.12. The van der Waals surface area contributed by atoms with Crippen molar-refractivity contribution in [3.05, 3.63) is 53.8 Å². The molecule has 1 N–H and O–H groups in total. The Kier molecular flexibility index (Phi) is 8.23. The fourth-order valence-corrected chi connectivity index (χ4v) is 2.21. The van der Waals surface area contributed by atoms with Crippen molar-refractivity contribution in [1.29, 1.82) is 0 Å². The summed E-state index contributed by atoms with van der Waals surface area (Å²) in [5, 5.41) is 2.58. The lowest BCUT2D eigenvalue weighted by atomic mass is 10.2. The Morgan fingerprint density at radius 1 is 1.04 bits per heavy atom. The Morgan fingerprint density at radius 2 is 1.79 bits per heavy atom. The third-order valence-electron chi connectivity index (χ3n) is 3.55. The molecule has 0 spiro atoms. The van der Waals surface area contributed by atoms with Crippen LogP contribution in [0, 0.1) is 5.82 Å². The lowest BCUT2D eigenvalue weighted by Crippen LogP contribution is -2.20. The minimum atomic E-state index is -0.515. The van der Waals surface area contributed by atoms with Crippen molar-refractivity contribution in [2.45, 2.75) is 6.92 Å². The lowest BCUT2D eigenvalue weighted by molar-refractivity contribution is -0.118. The van der Waals surface area contributed by atoms with E-state index in [0.717, 1.165) is 0 Å². The molecule has 1 amide bonds. The van der Waals surface area contributed by atoms with Gasteiger partial charge >= 0.3 is 5.97 Å². The number of halogens is 1. The van der Waals surface area contributed by atoms with Gasteiger partial charge in [0, 0.05) is 12.3 Å². The van der Waals surface area contributed by atoms with Crippen molar-refractivity contribution >= 4 is 17.6 Å². The molecular formula is C20H22FNO6. The first kappa shape index (κ1) is 21.2. The number of amides is 1. The van der Waals surface area contributed by atoms with Gasteiger partial charge in [-0.25, -0.2) is 9.18 Å². The summed E-state index contributed by atoms with van der Waals surface area (Å²) in [6.45, 7) is 2.59. The first-order valence-corrected chi connectivity index (χ1v) is 8.64. The molecule has 0 saturated carbocycles. The molecule has 8 heteroatoms. The average Bonchev–Trinajstić information content (AvgIpc) is 2.71. The van der Waals surface area contributed by atoms with E-state index in [-0.39, 0.29) is 24.5 Å². The monoisotopic (exact) mass is 391 g/mol. The topological polar surface area (TPSA) is 83.1 Å². The van der Waals surface area contributed by atoms with Crippen molar-refractivity contribution < 1.29 is 32.9 Å². The standard InChI is InChI=1S/C20H22FNO6/c1-3-26-10-11-27-20(24)14-4-9-17(18(12-14)25-2)28-13-19(23)22-16-7-5-15(21)6-8-16/h4-9,12H,3,10-11,13H2,1-2H3,(H,22,23). The molecule has 0 radical (unpaired) electrons. The molecule has 2 aromatic carbocycles. The highest BCUT2D eigenvalue weighted by Gasteiger charge is 2.13. The number of rotatable bonds is 10. The smallest absolute Gasteiger partial charge is 0.338 e. The number of ether oxygens (including phenoxy) is 4. The maximum Gasteiger partial charge on any atom is 0.338 e. The predicted molar refractivity (Wildman–Crippen MR) is 100 cm³/mol. The van der Waals surface area contributed by atoms with Crippen LogP contribution in [0.25, 0.3) is 0 Å². The second-order valence-corrected chi connectivity index (χ2v) is 5.54. The molecule has 0 aliphatic heterocycles. The highest BCUT2D eigenvalue weighted by Crippen LogP contribution is 2.28. The molecule has 0 bridgehead atoms. The van der Waals surface area contributed by atoms with Crippen LogP contribution < -0.4 is 14.8 Å². The zero-order chi connectivity index (χ0) is 20.4. The number of methoxy groups -OCH3 is 1. The summed E-state index contributed by atoms with van der Waals surface area (Å²) in [6.07, 6.45) is 0. The molecule has 2 rings (SSSR count). The van der Waals surface area contributed by atoms with Crippen LogP contribution in [0.3, 0.4) is 0 Å². The number of carbonyl (C=O) groups is 2. The fourth-order valence-electron chi connectivity index (χ4n) is 2.21. The molecule has 0 unspecified atom stereocenters.